The lowest BCUT2D eigenvalue weighted by Gasteiger charge is -2.10. The van der Waals surface area contributed by atoms with Crippen LogP contribution in [-0.2, 0) is 26.0 Å². The maximum Gasteiger partial charge on any atom is 0.261 e. The number of nitrogens with one attached hydrogen (secondary N) is 3. The summed E-state index contributed by atoms with van der Waals surface area (Å²) in [6, 6.07) is 21.5. The van der Waals surface area contributed by atoms with E-state index in [0.29, 0.717) is 17.1 Å². The molecule has 0 aliphatic heterocycles. The van der Waals surface area contributed by atoms with Crippen LogP contribution in [0.15, 0.2) is 83.8 Å². The van der Waals surface area contributed by atoms with Gasteiger partial charge in [-0.05, 0) is 54.1 Å². The summed E-state index contributed by atoms with van der Waals surface area (Å²) in [5, 5.41) is 5.41. The minimum absolute atomic E-state index is 0.0953. The van der Waals surface area contributed by atoms with Gasteiger partial charge >= 0.3 is 0 Å². The fourth-order valence-electron chi connectivity index (χ4n) is 2.74. The maximum absolute atomic E-state index is 12.4. The fourth-order valence-corrected chi connectivity index (χ4v) is 3.80. The number of carbonyl (C=O) groups excluding carboxylic acids is 2. The lowest BCUT2D eigenvalue weighted by Crippen LogP contribution is -2.15. The van der Waals surface area contributed by atoms with Gasteiger partial charge in [-0.15, -0.1) is 0 Å². The van der Waals surface area contributed by atoms with Crippen LogP contribution < -0.4 is 15.4 Å². The number of hydrogen-bond donors (Lipinski definition) is 3. The second-order valence-electron chi connectivity index (χ2n) is 6.60. The Kier molecular flexibility index (Phi) is 6.48. The lowest BCUT2D eigenvalue weighted by atomic mass is 10.1. The monoisotopic (exact) mass is 423 g/mol. The largest absolute Gasteiger partial charge is 0.326 e. The molecule has 154 valence electrons. The highest BCUT2D eigenvalue weighted by Gasteiger charge is 2.14. The normalized spacial score (nSPS) is 10.8. The smallest absolute Gasteiger partial charge is 0.261 e. The first-order valence-corrected chi connectivity index (χ1v) is 10.6. The van der Waals surface area contributed by atoms with Crippen molar-refractivity contribution >= 4 is 38.9 Å². The third kappa shape index (κ3) is 5.92. The first-order chi connectivity index (χ1) is 14.3. The average molecular weight is 423 g/mol. The highest BCUT2D eigenvalue weighted by Crippen LogP contribution is 2.18. The molecule has 7 nitrogen and oxygen atoms in total. The Morgan fingerprint density at radius 1 is 0.733 bits per heavy atom. The van der Waals surface area contributed by atoms with E-state index in [1.54, 1.807) is 54.6 Å². The molecule has 8 heteroatoms. The Balaban J connectivity index is 1.59. The van der Waals surface area contributed by atoms with Crippen LogP contribution in [0.5, 0.6) is 0 Å². The van der Waals surface area contributed by atoms with Crippen molar-refractivity contribution in [1.29, 1.82) is 0 Å². The third-order valence-electron chi connectivity index (χ3n) is 4.11. The van der Waals surface area contributed by atoms with Gasteiger partial charge < -0.3 is 10.6 Å². The van der Waals surface area contributed by atoms with Crippen LogP contribution in [0.3, 0.4) is 0 Å². The van der Waals surface area contributed by atoms with E-state index >= 15 is 0 Å². The number of rotatable bonds is 7. The van der Waals surface area contributed by atoms with E-state index < -0.39 is 10.0 Å². The number of carbonyl (C=O) groups is 2. The van der Waals surface area contributed by atoms with Gasteiger partial charge in [0.25, 0.3) is 10.0 Å². The van der Waals surface area contributed by atoms with Gasteiger partial charge in [0.05, 0.1) is 11.3 Å². The molecule has 0 aliphatic carbocycles. The lowest BCUT2D eigenvalue weighted by molar-refractivity contribution is -0.116. The summed E-state index contributed by atoms with van der Waals surface area (Å²) in [4.78, 5) is 23.4. The second kappa shape index (κ2) is 9.23. The Morgan fingerprint density at radius 3 is 1.90 bits per heavy atom. The van der Waals surface area contributed by atoms with Crippen molar-refractivity contribution in [2.45, 2.75) is 18.2 Å². The molecular weight excluding hydrogens is 402 g/mol. The molecular formula is C22H21N3O4S. The summed E-state index contributed by atoms with van der Waals surface area (Å²) in [6.07, 6.45) is 0.149. The molecule has 0 bridgehead atoms. The molecule has 0 fully saturated rings. The van der Waals surface area contributed by atoms with Gasteiger partial charge in [0.2, 0.25) is 11.8 Å². The van der Waals surface area contributed by atoms with E-state index in [9.17, 15) is 18.0 Å². The molecule has 0 saturated heterocycles. The molecule has 3 rings (SSSR count). The van der Waals surface area contributed by atoms with E-state index in [2.05, 4.69) is 15.4 Å². The second-order valence-corrected chi connectivity index (χ2v) is 8.28. The Bertz CT molecular complexity index is 1130. The highest BCUT2D eigenvalue weighted by atomic mass is 32.2. The predicted octanol–water partition coefficient (Wildman–Crippen LogP) is 3.63. The van der Waals surface area contributed by atoms with Crippen molar-refractivity contribution in [3.8, 4) is 0 Å². The van der Waals surface area contributed by atoms with E-state index in [0.717, 1.165) is 5.56 Å². The quantitative estimate of drug-likeness (QED) is 0.540. The van der Waals surface area contributed by atoms with Crippen LogP contribution in [0, 0.1) is 0 Å². The maximum atomic E-state index is 12.4. The van der Waals surface area contributed by atoms with E-state index in [1.807, 2.05) is 0 Å². The molecule has 0 aromatic heterocycles. The van der Waals surface area contributed by atoms with E-state index in [1.165, 1.54) is 31.2 Å². The average Bonchev–Trinajstić information content (AvgIpc) is 2.70. The zero-order valence-corrected chi connectivity index (χ0v) is 17.1. The molecule has 0 spiro atoms. The first kappa shape index (κ1) is 21.1. The first-order valence-electron chi connectivity index (χ1n) is 9.16. The van der Waals surface area contributed by atoms with Crippen molar-refractivity contribution in [3.05, 3.63) is 84.4 Å². The molecule has 0 radical (unpaired) electrons. The van der Waals surface area contributed by atoms with Crippen molar-refractivity contribution < 1.29 is 18.0 Å². The van der Waals surface area contributed by atoms with Gasteiger partial charge in [0.15, 0.2) is 0 Å². The van der Waals surface area contributed by atoms with Gasteiger partial charge in [-0.2, -0.15) is 0 Å². The molecule has 0 aliphatic rings. The minimum atomic E-state index is -3.71. The number of para-hydroxylation sites is 1. The Hall–Kier alpha value is -3.65. The molecule has 3 aromatic rings. The van der Waals surface area contributed by atoms with Crippen LogP contribution in [0.1, 0.15) is 12.5 Å². The number of sulfonamides is 1. The highest BCUT2D eigenvalue weighted by molar-refractivity contribution is 7.92. The third-order valence-corrected chi connectivity index (χ3v) is 5.51. The number of amides is 2. The van der Waals surface area contributed by atoms with Crippen molar-refractivity contribution in [2.75, 3.05) is 15.4 Å². The van der Waals surface area contributed by atoms with Crippen LogP contribution in [0.4, 0.5) is 17.1 Å². The molecule has 3 N–H and O–H groups in total. The van der Waals surface area contributed by atoms with Gasteiger partial charge in [-0.3, -0.25) is 14.3 Å². The van der Waals surface area contributed by atoms with Gasteiger partial charge in [-0.1, -0.05) is 30.3 Å². The molecule has 0 heterocycles. The summed E-state index contributed by atoms with van der Waals surface area (Å²) in [5.41, 5.74) is 2.41. The topological polar surface area (TPSA) is 104 Å². The fraction of sp³-hybridized carbons (Fsp3) is 0.0909. The van der Waals surface area contributed by atoms with Crippen LogP contribution in [0.25, 0.3) is 0 Å². The molecule has 2 amide bonds. The van der Waals surface area contributed by atoms with Gasteiger partial charge in [-0.25, -0.2) is 8.42 Å². The van der Waals surface area contributed by atoms with Crippen LogP contribution in [0.2, 0.25) is 0 Å². The number of benzene rings is 3. The molecule has 0 atom stereocenters. The van der Waals surface area contributed by atoms with Crippen molar-refractivity contribution in [1.82, 2.24) is 0 Å². The summed E-state index contributed by atoms with van der Waals surface area (Å²) >= 11 is 0. The van der Waals surface area contributed by atoms with E-state index in [4.69, 9.17) is 0 Å². The summed E-state index contributed by atoms with van der Waals surface area (Å²) < 4.78 is 27.4. The summed E-state index contributed by atoms with van der Waals surface area (Å²) in [7, 11) is -3.71. The Morgan fingerprint density at radius 2 is 1.30 bits per heavy atom. The number of hydrogen-bond acceptors (Lipinski definition) is 4. The molecule has 0 unspecified atom stereocenters. The SMILES string of the molecule is CC(=O)Nc1ccc(CC(=O)Nc2ccc(S(=O)(=O)Nc3ccccc3)cc2)cc1. The number of anilines is 3. The molecule has 0 saturated carbocycles. The standard InChI is InChI=1S/C22H21N3O4S/c1-16(26)23-18-9-7-17(8-10-18)15-22(27)24-19-11-13-21(14-12-19)30(28,29)25-20-5-3-2-4-6-20/h2-14,25H,15H2,1H3,(H,23,26)(H,24,27). The van der Waals surface area contributed by atoms with Crippen molar-refractivity contribution in [2.24, 2.45) is 0 Å². The van der Waals surface area contributed by atoms with Gasteiger partial charge in [0, 0.05) is 24.0 Å². The zero-order chi connectivity index (χ0) is 21.6. The van der Waals surface area contributed by atoms with Crippen LogP contribution >= 0.6 is 0 Å². The predicted molar refractivity (Wildman–Crippen MR) is 117 cm³/mol. The van der Waals surface area contributed by atoms with Crippen LogP contribution in [-0.4, -0.2) is 20.2 Å². The van der Waals surface area contributed by atoms with Gasteiger partial charge in [0.1, 0.15) is 0 Å². The van der Waals surface area contributed by atoms with E-state index in [-0.39, 0.29) is 23.1 Å². The zero-order valence-electron chi connectivity index (χ0n) is 16.3. The molecule has 30 heavy (non-hydrogen) atoms. The molecule has 3 aromatic carbocycles. The summed E-state index contributed by atoms with van der Waals surface area (Å²) in [6.45, 7) is 1.43. The van der Waals surface area contributed by atoms with Crippen molar-refractivity contribution in [3.63, 3.8) is 0 Å². The summed E-state index contributed by atoms with van der Waals surface area (Å²) in [5.74, 6) is -0.398. The Labute approximate surface area is 175 Å². The minimum Gasteiger partial charge on any atom is -0.326 e.